The summed E-state index contributed by atoms with van der Waals surface area (Å²) < 4.78 is 0. The fourth-order valence-corrected chi connectivity index (χ4v) is 3.16. The van der Waals surface area contributed by atoms with Gasteiger partial charge in [0.2, 0.25) is 0 Å². The summed E-state index contributed by atoms with van der Waals surface area (Å²) in [5.41, 5.74) is 5.48. The van der Waals surface area contributed by atoms with E-state index in [2.05, 4.69) is 100 Å². The van der Waals surface area contributed by atoms with Crippen molar-refractivity contribution in [2.24, 2.45) is 0 Å². The highest BCUT2D eigenvalue weighted by molar-refractivity contribution is 5.88. The maximum atomic E-state index is 2.18. The van der Waals surface area contributed by atoms with Gasteiger partial charge in [0.25, 0.3) is 0 Å². The first-order chi connectivity index (χ1) is 11.6. The molecule has 0 nitrogen and oxygen atoms in total. The highest BCUT2D eigenvalue weighted by Crippen LogP contribution is 2.21. The maximum Gasteiger partial charge on any atom is -0.0152 e. The zero-order chi connectivity index (χ0) is 17.1. The summed E-state index contributed by atoms with van der Waals surface area (Å²) in [7, 11) is 0. The first-order valence-electron chi connectivity index (χ1n) is 8.48. The molecule has 0 saturated heterocycles. The smallest absolute Gasteiger partial charge is 0.0152 e. The summed E-state index contributed by atoms with van der Waals surface area (Å²) in [5, 5.41) is 5.45. The third-order valence-electron chi connectivity index (χ3n) is 4.83. The minimum Gasteiger partial charge on any atom is -0.0616 e. The van der Waals surface area contributed by atoms with Crippen LogP contribution in [0.25, 0.3) is 21.5 Å². The maximum absolute atomic E-state index is 2.18. The zero-order valence-electron chi connectivity index (χ0n) is 14.9. The van der Waals surface area contributed by atoms with Crippen LogP contribution in [0.2, 0.25) is 0 Å². The normalized spacial score (nSPS) is 10.5. The first-order valence-corrected chi connectivity index (χ1v) is 8.48. The molecule has 0 bridgehead atoms. The molecule has 0 unspecified atom stereocenters. The van der Waals surface area contributed by atoms with Crippen molar-refractivity contribution >= 4 is 21.5 Å². The predicted octanol–water partition coefficient (Wildman–Crippen LogP) is 6.91. The molecule has 4 aromatic carbocycles. The van der Waals surface area contributed by atoms with Gasteiger partial charge in [0.1, 0.15) is 0 Å². The average Bonchev–Trinajstić information content (AvgIpc) is 2.60. The molecule has 0 atom stereocenters. The van der Waals surface area contributed by atoms with Crippen molar-refractivity contribution in [1.82, 2.24) is 0 Å². The molecule has 120 valence electrons. The fourth-order valence-electron chi connectivity index (χ4n) is 3.16. The minimum absolute atomic E-state index is 1.33. The van der Waals surface area contributed by atoms with E-state index in [0.717, 1.165) is 0 Å². The Morgan fingerprint density at radius 2 is 0.958 bits per heavy atom. The Morgan fingerprint density at radius 1 is 0.417 bits per heavy atom. The number of aryl methyl sites for hydroxylation is 4. The van der Waals surface area contributed by atoms with Crippen LogP contribution < -0.4 is 0 Å². The standard InChI is InChI=1S/2C12H12/c1-9-5-3-8-12-10(2)6-4-7-11(9)12;1-9-7-8-11-5-3-4-6-12(11)10(9)2/h2*3-8H,1-2H3. The molecule has 0 aliphatic heterocycles. The lowest BCUT2D eigenvalue weighted by Gasteiger charge is -2.04. The molecule has 0 spiro atoms. The second-order valence-corrected chi connectivity index (χ2v) is 6.47. The van der Waals surface area contributed by atoms with Gasteiger partial charge in [-0.25, -0.2) is 0 Å². The van der Waals surface area contributed by atoms with Crippen molar-refractivity contribution < 1.29 is 0 Å². The van der Waals surface area contributed by atoms with Gasteiger partial charge >= 0.3 is 0 Å². The van der Waals surface area contributed by atoms with E-state index in [1.165, 1.54) is 43.8 Å². The van der Waals surface area contributed by atoms with Crippen molar-refractivity contribution in [1.29, 1.82) is 0 Å². The zero-order valence-corrected chi connectivity index (χ0v) is 14.9. The molecule has 0 heteroatoms. The third-order valence-corrected chi connectivity index (χ3v) is 4.83. The highest BCUT2D eigenvalue weighted by Gasteiger charge is 1.98. The molecular weight excluding hydrogens is 288 g/mol. The van der Waals surface area contributed by atoms with E-state index in [-0.39, 0.29) is 0 Å². The molecule has 0 heterocycles. The molecule has 24 heavy (non-hydrogen) atoms. The predicted molar refractivity (Wildman–Crippen MR) is 107 cm³/mol. The number of rotatable bonds is 0. The Balaban J connectivity index is 0.000000141. The lowest BCUT2D eigenvalue weighted by molar-refractivity contribution is 1.38. The summed E-state index contributed by atoms with van der Waals surface area (Å²) in [6.45, 7) is 8.64. The van der Waals surface area contributed by atoms with Crippen molar-refractivity contribution in [2.75, 3.05) is 0 Å². The molecule has 0 aliphatic rings. The van der Waals surface area contributed by atoms with Crippen LogP contribution in [0.1, 0.15) is 22.3 Å². The van der Waals surface area contributed by atoms with Crippen molar-refractivity contribution in [2.45, 2.75) is 27.7 Å². The quantitative estimate of drug-likeness (QED) is 0.331. The van der Waals surface area contributed by atoms with Gasteiger partial charge in [0.15, 0.2) is 0 Å². The van der Waals surface area contributed by atoms with Crippen molar-refractivity contribution in [3.8, 4) is 0 Å². The molecule has 0 N–H and O–H groups in total. The third kappa shape index (κ3) is 3.19. The van der Waals surface area contributed by atoms with Crippen LogP contribution in [0.15, 0.2) is 72.8 Å². The number of hydrogen-bond acceptors (Lipinski definition) is 0. The molecule has 4 aromatic rings. The van der Waals surface area contributed by atoms with E-state index in [0.29, 0.717) is 0 Å². The van der Waals surface area contributed by atoms with Gasteiger partial charge in [-0.1, -0.05) is 72.8 Å². The molecule has 0 aliphatic carbocycles. The van der Waals surface area contributed by atoms with E-state index in [9.17, 15) is 0 Å². The van der Waals surface area contributed by atoms with Crippen LogP contribution in [0.4, 0.5) is 0 Å². The number of hydrogen-bond donors (Lipinski definition) is 0. The Hall–Kier alpha value is -2.60. The van der Waals surface area contributed by atoms with Crippen molar-refractivity contribution in [3.63, 3.8) is 0 Å². The Bertz CT molecular complexity index is 951. The van der Waals surface area contributed by atoms with Gasteiger partial charge in [-0.15, -0.1) is 0 Å². The average molecular weight is 312 g/mol. The SMILES string of the molecule is Cc1ccc2ccccc2c1C.Cc1cccc2c(C)cccc12. The summed E-state index contributed by atoms with van der Waals surface area (Å²) >= 11 is 0. The minimum atomic E-state index is 1.33. The number of benzene rings is 4. The molecule has 0 radical (unpaired) electrons. The van der Waals surface area contributed by atoms with Crippen LogP contribution in [-0.2, 0) is 0 Å². The van der Waals surface area contributed by atoms with Crippen LogP contribution in [0.3, 0.4) is 0 Å². The molecule has 0 aromatic heterocycles. The Labute approximate surface area is 144 Å². The molecule has 0 saturated carbocycles. The largest absolute Gasteiger partial charge is 0.0616 e. The Kier molecular flexibility index (Phi) is 4.66. The first kappa shape index (κ1) is 16.3. The molecular formula is C24H24. The fraction of sp³-hybridized carbons (Fsp3) is 0.167. The molecule has 0 amide bonds. The van der Waals surface area contributed by atoms with Gasteiger partial charge in [-0.05, 0) is 71.5 Å². The van der Waals surface area contributed by atoms with E-state index in [4.69, 9.17) is 0 Å². The van der Waals surface area contributed by atoms with Gasteiger partial charge in [-0.2, -0.15) is 0 Å². The molecule has 4 rings (SSSR count). The van der Waals surface area contributed by atoms with Crippen LogP contribution >= 0.6 is 0 Å². The van der Waals surface area contributed by atoms with Gasteiger partial charge < -0.3 is 0 Å². The summed E-state index contributed by atoms with van der Waals surface area (Å²) in [6, 6.07) is 25.8. The monoisotopic (exact) mass is 312 g/mol. The second kappa shape index (κ2) is 6.88. The van der Waals surface area contributed by atoms with Gasteiger partial charge in [0.05, 0.1) is 0 Å². The second-order valence-electron chi connectivity index (χ2n) is 6.47. The van der Waals surface area contributed by atoms with E-state index < -0.39 is 0 Å². The summed E-state index contributed by atoms with van der Waals surface area (Å²) in [4.78, 5) is 0. The van der Waals surface area contributed by atoms with E-state index in [1.807, 2.05) is 0 Å². The molecule has 0 fully saturated rings. The summed E-state index contributed by atoms with van der Waals surface area (Å²) in [6.07, 6.45) is 0. The van der Waals surface area contributed by atoms with Gasteiger partial charge in [-0.3, -0.25) is 0 Å². The van der Waals surface area contributed by atoms with Crippen LogP contribution in [-0.4, -0.2) is 0 Å². The van der Waals surface area contributed by atoms with Gasteiger partial charge in [0, 0.05) is 0 Å². The summed E-state index contributed by atoms with van der Waals surface area (Å²) in [5.74, 6) is 0. The van der Waals surface area contributed by atoms with E-state index >= 15 is 0 Å². The topological polar surface area (TPSA) is 0 Å². The highest BCUT2D eigenvalue weighted by atomic mass is 14.0. The Morgan fingerprint density at radius 3 is 1.58 bits per heavy atom. The number of fused-ring (bicyclic) bond motifs is 2. The van der Waals surface area contributed by atoms with E-state index in [1.54, 1.807) is 0 Å². The lowest BCUT2D eigenvalue weighted by atomic mass is 10.0. The van der Waals surface area contributed by atoms with Crippen molar-refractivity contribution in [3.05, 3.63) is 95.1 Å². The lowest BCUT2D eigenvalue weighted by Crippen LogP contribution is -1.82. The van der Waals surface area contributed by atoms with Crippen LogP contribution in [0.5, 0.6) is 0 Å². The van der Waals surface area contributed by atoms with Crippen LogP contribution in [0, 0.1) is 27.7 Å².